The van der Waals surface area contributed by atoms with Crippen LogP contribution in [0.3, 0.4) is 0 Å². The summed E-state index contributed by atoms with van der Waals surface area (Å²) >= 11 is 0. The minimum absolute atomic E-state index is 0.163. The zero-order chi connectivity index (χ0) is 19.1. The van der Waals surface area contributed by atoms with E-state index in [0.29, 0.717) is 11.8 Å². The van der Waals surface area contributed by atoms with E-state index in [-0.39, 0.29) is 6.10 Å². The van der Waals surface area contributed by atoms with Crippen LogP contribution in [-0.4, -0.2) is 20.8 Å². The summed E-state index contributed by atoms with van der Waals surface area (Å²) in [6.07, 6.45) is 16.8. The zero-order valence-corrected chi connectivity index (χ0v) is 18.0. The molecule has 0 aliphatic carbocycles. The highest BCUT2D eigenvalue weighted by Gasteiger charge is 2.21. The summed E-state index contributed by atoms with van der Waals surface area (Å²) in [7, 11) is -3.38. The monoisotopic (exact) mass is 374 g/mol. The van der Waals surface area contributed by atoms with Crippen LogP contribution in [0.2, 0.25) is 0 Å². The topological polar surface area (TPSA) is 43.4 Å². The van der Waals surface area contributed by atoms with E-state index in [1.165, 1.54) is 51.2 Å². The van der Waals surface area contributed by atoms with E-state index in [4.69, 9.17) is 4.18 Å². The van der Waals surface area contributed by atoms with Crippen molar-refractivity contribution in [1.29, 1.82) is 0 Å². The molecule has 0 spiro atoms. The molecule has 0 aromatic rings. The molecule has 3 nitrogen and oxygen atoms in total. The summed E-state index contributed by atoms with van der Waals surface area (Å²) in [4.78, 5) is 0. The maximum Gasteiger partial charge on any atom is 0.264 e. The first-order valence-corrected chi connectivity index (χ1v) is 12.1. The van der Waals surface area contributed by atoms with Crippen LogP contribution in [0.15, 0.2) is 12.7 Å². The molecule has 4 heteroatoms. The van der Waals surface area contributed by atoms with Crippen molar-refractivity contribution < 1.29 is 12.6 Å². The number of rotatable bonds is 17. The van der Waals surface area contributed by atoms with Gasteiger partial charge in [0.05, 0.1) is 12.4 Å². The van der Waals surface area contributed by atoms with Crippen LogP contribution < -0.4 is 0 Å². The fourth-order valence-electron chi connectivity index (χ4n) is 3.42. The van der Waals surface area contributed by atoms with Gasteiger partial charge >= 0.3 is 0 Å². The van der Waals surface area contributed by atoms with E-state index in [2.05, 4.69) is 27.4 Å². The highest BCUT2D eigenvalue weighted by atomic mass is 32.2. The third-order valence-electron chi connectivity index (χ3n) is 4.80. The van der Waals surface area contributed by atoms with Crippen LogP contribution in [0.1, 0.15) is 97.8 Å². The van der Waals surface area contributed by atoms with Gasteiger partial charge < -0.3 is 0 Å². The lowest BCUT2D eigenvalue weighted by Crippen LogP contribution is -2.23. The van der Waals surface area contributed by atoms with Gasteiger partial charge in [-0.25, -0.2) is 0 Å². The third-order valence-corrected chi connectivity index (χ3v) is 5.42. The second kappa shape index (κ2) is 14.8. The van der Waals surface area contributed by atoms with Crippen molar-refractivity contribution in [2.45, 2.75) is 104 Å². The second-order valence-corrected chi connectivity index (χ2v) is 9.48. The minimum atomic E-state index is -3.38. The fourth-order valence-corrected chi connectivity index (χ4v) is 4.07. The van der Waals surface area contributed by atoms with Crippen molar-refractivity contribution in [1.82, 2.24) is 0 Å². The standard InChI is InChI=1S/C21H42O3S/c1-6-8-10-11-12-13-14-16-20(4)18-21(24-25(5,22)23)17-19(3)15-9-7-2/h6,19-21H,1,7-18H2,2-5H3/t19-,20-,21-/m0/s1. The summed E-state index contributed by atoms with van der Waals surface area (Å²) in [5.41, 5.74) is 0. The Labute approximate surface area is 157 Å². The van der Waals surface area contributed by atoms with Crippen molar-refractivity contribution in [3.05, 3.63) is 12.7 Å². The summed E-state index contributed by atoms with van der Waals surface area (Å²) in [6.45, 7) is 10.4. The van der Waals surface area contributed by atoms with Gasteiger partial charge in [0.2, 0.25) is 0 Å². The molecule has 150 valence electrons. The summed E-state index contributed by atoms with van der Waals surface area (Å²) < 4.78 is 28.5. The lowest BCUT2D eigenvalue weighted by Gasteiger charge is -2.23. The Morgan fingerprint density at radius 1 is 0.920 bits per heavy atom. The van der Waals surface area contributed by atoms with Gasteiger partial charge in [0.25, 0.3) is 10.1 Å². The minimum Gasteiger partial charge on any atom is -0.267 e. The molecule has 0 amide bonds. The molecule has 0 aromatic carbocycles. The van der Waals surface area contributed by atoms with Crippen LogP contribution in [-0.2, 0) is 14.3 Å². The molecular weight excluding hydrogens is 332 g/mol. The molecule has 3 atom stereocenters. The van der Waals surface area contributed by atoms with Gasteiger partial charge in [-0.05, 0) is 37.5 Å². The Balaban J connectivity index is 4.17. The molecule has 0 unspecified atom stereocenters. The van der Waals surface area contributed by atoms with Crippen molar-refractivity contribution in [2.24, 2.45) is 11.8 Å². The average Bonchev–Trinajstić information content (AvgIpc) is 2.50. The molecule has 0 aliphatic heterocycles. The lowest BCUT2D eigenvalue weighted by atomic mass is 9.90. The number of hydrogen-bond acceptors (Lipinski definition) is 3. The fraction of sp³-hybridized carbons (Fsp3) is 0.905. The van der Waals surface area contributed by atoms with Gasteiger partial charge in [-0.15, -0.1) is 6.58 Å². The molecule has 0 saturated carbocycles. The van der Waals surface area contributed by atoms with E-state index in [9.17, 15) is 8.42 Å². The Morgan fingerprint density at radius 3 is 1.96 bits per heavy atom. The van der Waals surface area contributed by atoms with Gasteiger partial charge in [-0.2, -0.15) is 8.42 Å². The van der Waals surface area contributed by atoms with E-state index in [1.807, 2.05) is 6.08 Å². The van der Waals surface area contributed by atoms with E-state index < -0.39 is 10.1 Å². The van der Waals surface area contributed by atoms with Crippen LogP contribution in [0.4, 0.5) is 0 Å². The molecule has 0 N–H and O–H groups in total. The molecule has 0 radical (unpaired) electrons. The van der Waals surface area contributed by atoms with Crippen molar-refractivity contribution in [2.75, 3.05) is 6.26 Å². The van der Waals surface area contributed by atoms with Gasteiger partial charge in [0.1, 0.15) is 0 Å². The smallest absolute Gasteiger partial charge is 0.264 e. The van der Waals surface area contributed by atoms with Crippen LogP contribution in [0.25, 0.3) is 0 Å². The molecule has 0 aromatic heterocycles. The number of allylic oxidation sites excluding steroid dienone is 1. The summed E-state index contributed by atoms with van der Waals surface area (Å²) in [5.74, 6) is 1.03. The SMILES string of the molecule is C=CCCCCCCC[C@H](C)C[C@H](C[C@@H](C)CCCC)OS(C)(=O)=O. The Bertz CT molecular complexity index is 417. The van der Waals surface area contributed by atoms with Crippen molar-refractivity contribution in [3.8, 4) is 0 Å². The predicted molar refractivity (Wildman–Crippen MR) is 109 cm³/mol. The first-order valence-electron chi connectivity index (χ1n) is 10.3. The van der Waals surface area contributed by atoms with Crippen molar-refractivity contribution in [3.63, 3.8) is 0 Å². The summed E-state index contributed by atoms with van der Waals surface area (Å²) in [6, 6.07) is 0. The normalized spacial score (nSPS) is 15.7. The van der Waals surface area contributed by atoms with E-state index in [1.54, 1.807) is 0 Å². The first kappa shape index (κ1) is 24.7. The van der Waals surface area contributed by atoms with Gasteiger partial charge in [0, 0.05) is 0 Å². The molecule has 0 bridgehead atoms. The highest BCUT2D eigenvalue weighted by Crippen LogP contribution is 2.24. The predicted octanol–water partition coefficient (Wildman–Crippen LogP) is 6.49. The molecule has 0 aliphatic rings. The average molecular weight is 375 g/mol. The Morgan fingerprint density at radius 2 is 1.44 bits per heavy atom. The summed E-state index contributed by atoms with van der Waals surface area (Å²) in [5, 5.41) is 0. The zero-order valence-electron chi connectivity index (χ0n) is 17.1. The van der Waals surface area contributed by atoms with Crippen LogP contribution in [0.5, 0.6) is 0 Å². The van der Waals surface area contributed by atoms with Gasteiger partial charge in [-0.3, -0.25) is 4.18 Å². The van der Waals surface area contributed by atoms with Gasteiger partial charge in [0.15, 0.2) is 0 Å². The van der Waals surface area contributed by atoms with Crippen molar-refractivity contribution >= 4 is 10.1 Å². The number of unbranched alkanes of at least 4 members (excludes halogenated alkanes) is 6. The highest BCUT2D eigenvalue weighted by molar-refractivity contribution is 7.86. The number of hydrogen-bond donors (Lipinski definition) is 0. The first-order chi connectivity index (χ1) is 11.8. The largest absolute Gasteiger partial charge is 0.267 e. The molecule has 25 heavy (non-hydrogen) atoms. The molecule has 0 heterocycles. The maximum atomic E-state index is 11.6. The molecule has 0 rings (SSSR count). The maximum absolute atomic E-state index is 11.6. The van der Waals surface area contributed by atoms with Crippen LogP contribution in [0, 0.1) is 11.8 Å². The Kier molecular flexibility index (Phi) is 14.6. The second-order valence-electron chi connectivity index (χ2n) is 7.88. The van der Waals surface area contributed by atoms with E-state index in [0.717, 1.165) is 32.1 Å². The quantitative estimate of drug-likeness (QED) is 0.166. The molecule has 0 fully saturated rings. The van der Waals surface area contributed by atoms with E-state index >= 15 is 0 Å². The Hall–Kier alpha value is -0.350. The lowest BCUT2D eigenvalue weighted by molar-refractivity contribution is 0.146. The molecule has 0 saturated heterocycles. The van der Waals surface area contributed by atoms with Gasteiger partial charge in [-0.1, -0.05) is 78.2 Å². The molecular formula is C21H42O3S. The third kappa shape index (κ3) is 16.8. The van der Waals surface area contributed by atoms with Crippen LogP contribution >= 0.6 is 0 Å².